The molecule has 108 valence electrons. The third-order valence-electron chi connectivity index (χ3n) is 3.89. The molecule has 20 heavy (non-hydrogen) atoms. The number of likely N-dealkylation sites (tertiary alicyclic amines) is 1. The minimum absolute atomic E-state index is 0.121. The number of halogens is 1. The highest BCUT2D eigenvalue weighted by Crippen LogP contribution is 2.29. The molecule has 2 heterocycles. The molecule has 1 saturated heterocycles. The molecule has 2 aliphatic rings. The van der Waals surface area contributed by atoms with Crippen LogP contribution in [0.5, 0.6) is 0 Å². The van der Waals surface area contributed by atoms with Crippen LogP contribution in [0.15, 0.2) is 11.4 Å². The first-order valence-electron chi connectivity index (χ1n) is 6.97. The van der Waals surface area contributed by atoms with Crippen LogP contribution >= 0.6 is 33.9 Å². The van der Waals surface area contributed by atoms with Crippen molar-refractivity contribution in [2.24, 2.45) is 5.92 Å². The molecule has 6 heteroatoms. The first kappa shape index (κ1) is 14.3. The van der Waals surface area contributed by atoms with Crippen molar-refractivity contribution in [3.8, 4) is 0 Å². The Hall–Kier alpha value is -0.630. The Bertz CT molecular complexity index is 519. The highest BCUT2D eigenvalue weighted by Gasteiger charge is 2.32. The first-order valence-corrected chi connectivity index (χ1v) is 8.93. The van der Waals surface area contributed by atoms with E-state index in [0.717, 1.165) is 47.2 Å². The van der Waals surface area contributed by atoms with Gasteiger partial charge >= 0.3 is 0 Å². The third-order valence-corrected chi connectivity index (χ3v) is 5.68. The maximum atomic E-state index is 12.3. The van der Waals surface area contributed by atoms with E-state index in [1.807, 2.05) is 16.3 Å². The number of amides is 2. The Kier molecular flexibility index (Phi) is 4.30. The number of rotatable bonds is 3. The summed E-state index contributed by atoms with van der Waals surface area (Å²) in [6.07, 6.45) is 3.82. The molecule has 0 aromatic carbocycles. The van der Waals surface area contributed by atoms with Gasteiger partial charge in [0.15, 0.2) is 0 Å². The van der Waals surface area contributed by atoms with Crippen molar-refractivity contribution < 1.29 is 9.59 Å². The molecule has 0 atom stereocenters. The SMILES string of the molecule is O=C(NC1CCN(C(=O)c2csc(I)c2)CC1)C1CC1. The van der Waals surface area contributed by atoms with Crippen LogP contribution in [0.25, 0.3) is 0 Å². The van der Waals surface area contributed by atoms with Crippen LogP contribution in [0.1, 0.15) is 36.0 Å². The molecule has 3 rings (SSSR count). The highest BCUT2D eigenvalue weighted by atomic mass is 127. The molecular weight excluding hydrogens is 387 g/mol. The van der Waals surface area contributed by atoms with Crippen LogP contribution < -0.4 is 5.32 Å². The Morgan fingerprint density at radius 2 is 1.95 bits per heavy atom. The predicted molar refractivity (Wildman–Crippen MR) is 86.8 cm³/mol. The number of hydrogen-bond donors (Lipinski definition) is 1. The lowest BCUT2D eigenvalue weighted by atomic mass is 10.0. The minimum Gasteiger partial charge on any atom is -0.353 e. The summed E-state index contributed by atoms with van der Waals surface area (Å²) in [4.78, 5) is 25.9. The lowest BCUT2D eigenvalue weighted by Crippen LogP contribution is -2.46. The minimum atomic E-state index is 0.121. The average molecular weight is 404 g/mol. The molecule has 1 aliphatic heterocycles. The van der Waals surface area contributed by atoms with E-state index in [2.05, 4.69) is 27.9 Å². The topological polar surface area (TPSA) is 49.4 Å². The van der Waals surface area contributed by atoms with E-state index >= 15 is 0 Å². The second kappa shape index (κ2) is 6.01. The van der Waals surface area contributed by atoms with Crippen molar-refractivity contribution in [2.75, 3.05) is 13.1 Å². The van der Waals surface area contributed by atoms with Crippen LogP contribution in [0.3, 0.4) is 0 Å². The number of nitrogens with zero attached hydrogens (tertiary/aromatic N) is 1. The zero-order valence-electron chi connectivity index (χ0n) is 11.1. The van der Waals surface area contributed by atoms with Gasteiger partial charge in [-0.05, 0) is 54.3 Å². The van der Waals surface area contributed by atoms with Crippen LogP contribution in [-0.4, -0.2) is 35.8 Å². The van der Waals surface area contributed by atoms with Crippen molar-refractivity contribution in [1.82, 2.24) is 10.2 Å². The van der Waals surface area contributed by atoms with Crippen molar-refractivity contribution in [1.29, 1.82) is 0 Å². The molecule has 1 N–H and O–H groups in total. The summed E-state index contributed by atoms with van der Waals surface area (Å²) in [6, 6.07) is 2.18. The van der Waals surface area contributed by atoms with Gasteiger partial charge in [-0.3, -0.25) is 9.59 Å². The highest BCUT2D eigenvalue weighted by molar-refractivity contribution is 14.1. The molecule has 1 saturated carbocycles. The van der Waals surface area contributed by atoms with Crippen LogP contribution in [0, 0.1) is 8.80 Å². The van der Waals surface area contributed by atoms with E-state index in [1.54, 1.807) is 11.3 Å². The fourth-order valence-electron chi connectivity index (χ4n) is 2.50. The molecular formula is C14H17IN2O2S. The van der Waals surface area contributed by atoms with Crippen LogP contribution in [0.4, 0.5) is 0 Å². The second-order valence-corrected chi connectivity index (χ2v) is 8.29. The molecule has 0 unspecified atom stereocenters. The smallest absolute Gasteiger partial charge is 0.254 e. The van der Waals surface area contributed by atoms with Gasteiger partial charge < -0.3 is 10.2 Å². The van der Waals surface area contributed by atoms with Crippen molar-refractivity contribution in [2.45, 2.75) is 31.7 Å². The molecule has 0 spiro atoms. The summed E-state index contributed by atoms with van der Waals surface area (Å²) >= 11 is 3.83. The largest absolute Gasteiger partial charge is 0.353 e. The quantitative estimate of drug-likeness (QED) is 0.788. The summed E-state index contributed by atoms with van der Waals surface area (Å²) in [7, 11) is 0. The van der Waals surface area contributed by atoms with Gasteiger partial charge in [-0.1, -0.05) is 0 Å². The Morgan fingerprint density at radius 1 is 1.25 bits per heavy atom. The molecule has 2 amide bonds. The second-order valence-electron chi connectivity index (χ2n) is 5.49. The summed E-state index contributed by atoms with van der Waals surface area (Å²) in [5.74, 6) is 0.598. The maximum Gasteiger partial charge on any atom is 0.254 e. The van der Waals surface area contributed by atoms with E-state index in [1.165, 1.54) is 0 Å². The molecule has 1 aromatic rings. The van der Waals surface area contributed by atoms with Crippen molar-refractivity contribution in [3.63, 3.8) is 0 Å². The standard InChI is InChI=1S/C14H17IN2O2S/c15-12-7-10(8-20-12)14(19)17-5-3-11(4-6-17)16-13(18)9-1-2-9/h7-9,11H,1-6H2,(H,16,18). The maximum absolute atomic E-state index is 12.3. The number of thiophene rings is 1. The normalized spacial score (nSPS) is 19.9. The number of hydrogen-bond acceptors (Lipinski definition) is 3. The third kappa shape index (κ3) is 3.33. The van der Waals surface area contributed by atoms with Gasteiger partial charge in [-0.25, -0.2) is 0 Å². The van der Waals surface area contributed by atoms with Gasteiger partial charge in [0.2, 0.25) is 5.91 Å². The van der Waals surface area contributed by atoms with E-state index in [0.29, 0.717) is 0 Å². The lowest BCUT2D eigenvalue weighted by Gasteiger charge is -2.32. The molecule has 0 bridgehead atoms. The van der Waals surface area contributed by atoms with Crippen molar-refractivity contribution in [3.05, 3.63) is 19.9 Å². The van der Waals surface area contributed by atoms with Crippen molar-refractivity contribution >= 4 is 45.7 Å². The Balaban J connectivity index is 1.50. The van der Waals surface area contributed by atoms with Gasteiger partial charge in [0.25, 0.3) is 5.91 Å². The van der Waals surface area contributed by atoms with Crippen LogP contribution in [0.2, 0.25) is 0 Å². The fourth-order valence-corrected chi connectivity index (χ4v) is 3.82. The van der Waals surface area contributed by atoms with Gasteiger partial charge in [-0.2, -0.15) is 0 Å². The lowest BCUT2D eigenvalue weighted by molar-refractivity contribution is -0.123. The summed E-state index contributed by atoms with van der Waals surface area (Å²) in [5, 5.41) is 5.03. The number of carbonyl (C=O) groups excluding carboxylic acids is 2. The van der Waals surface area contributed by atoms with Gasteiger partial charge in [0.1, 0.15) is 0 Å². The average Bonchev–Trinajstić information content (AvgIpc) is 3.21. The molecule has 2 fully saturated rings. The van der Waals surface area contributed by atoms with Gasteiger partial charge in [0, 0.05) is 30.4 Å². The first-order chi connectivity index (χ1) is 9.63. The molecule has 1 aromatic heterocycles. The fraction of sp³-hybridized carbons (Fsp3) is 0.571. The summed E-state index contributed by atoms with van der Waals surface area (Å²) in [5.41, 5.74) is 0.792. The predicted octanol–water partition coefficient (Wildman–Crippen LogP) is 2.48. The van der Waals surface area contributed by atoms with E-state index in [4.69, 9.17) is 0 Å². The molecule has 0 radical (unpaired) electrons. The Labute approximate surface area is 136 Å². The zero-order valence-corrected chi connectivity index (χ0v) is 14.1. The van der Waals surface area contributed by atoms with E-state index in [-0.39, 0.29) is 23.8 Å². The van der Waals surface area contributed by atoms with Gasteiger partial charge in [0.05, 0.1) is 8.45 Å². The Morgan fingerprint density at radius 3 is 2.50 bits per heavy atom. The zero-order chi connectivity index (χ0) is 14.1. The monoisotopic (exact) mass is 404 g/mol. The number of nitrogens with one attached hydrogen (secondary N) is 1. The number of piperidine rings is 1. The van der Waals surface area contributed by atoms with Gasteiger partial charge in [-0.15, -0.1) is 11.3 Å². The summed E-state index contributed by atoms with van der Waals surface area (Å²) in [6.45, 7) is 1.47. The van der Waals surface area contributed by atoms with Crippen LogP contribution in [-0.2, 0) is 4.79 Å². The van der Waals surface area contributed by atoms with E-state index < -0.39 is 0 Å². The summed E-state index contributed by atoms with van der Waals surface area (Å²) < 4.78 is 1.14. The van der Waals surface area contributed by atoms with E-state index in [9.17, 15) is 9.59 Å². The number of carbonyl (C=O) groups is 2. The molecule has 4 nitrogen and oxygen atoms in total. The molecule has 1 aliphatic carbocycles.